The van der Waals surface area contributed by atoms with Gasteiger partial charge in [0.25, 0.3) is 0 Å². The van der Waals surface area contributed by atoms with Crippen molar-refractivity contribution in [2.45, 2.75) is 12.1 Å². The van der Waals surface area contributed by atoms with Crippen LogP contribution in [-0.2, 0) is 0 Å². The van der Waals surface area contributed by atoms with Crippen LogP contribution in [0.15, 0.2) is 55.1 Å². The third kappa shape index (κ3) is 2.36. The molecular formula is C14H17N3. The number of hydrazine groups is 1. The van der Waals surface area contributed by atoms with Crippen molar-refractivity contribution in [2.75, 3.05) is 0 Å². The van der Waals surface area contributed by atoms with Gasteiger partial charge >= 0.3 is 0 Å². The van der Waals surface area contributed by atoms with E-state index in [-0.39, 0.29) is 12.1 Å². The van der Waals surface area contributed by atoms with Gasteiger partial charge in [0.15, 0.2) is 0 Å². The Kier molecular flexibility index (Phi) is 3.54. The molecule has 0 saturated heterocycles. The van der Waals surface area contributed by atoms with E-state index < -0.39 is 0 Å². The van der Waals surface area contributed by atoms with E-state index >= 15 is 0 Å². The van der Waals surface area contributed by atoms with Crippen LogP contribution in [0.3, 0.4) is 0 Å². The molecule has 0 spiro atoms. The molecule has 2 aromatic rings. The molecule has 0 bridgehead atoms. The maximum atomic E-state index is 6.14. The SMILES string of the molecule is C=CC(NN)C(N)c1ccc2ccccc2c1. The summed E-state index contributed by atoms with van der Waals surface area (Å²) >= 11 is 0. The molecule has 2 atom stereocenters. The van der Waals surface area contributed by atoms with Crippen molar-refractivity contribution in [1.82, 2.24) is 5.43 Å². The first-order valence-electron chi connectivity index (χ1n) is 5.59. The summed E-state index contributed by atoms with van der Waals surface area (Å²) in [6.45, 7) is 3.72. The number of fused-ring (bicyclic) bond motifs is 1. The molecule has 0 amide bonds. The molecule has 3 nitrogen and oxygen atoms in total. The molecule has 88 valence electrons. The van der Waals surface area contributed by atoms with Crippen molar-refractivity contribution >= 4 is 10.8 Å². The van der Waals surface area contributed by atoms with Crippen LogP contribution < -0.4 is 17.0 Å². The van der Waals surface area contributed by atoms with E-state index in [1.54, 1.807) is 6.08 Å². The molecule has 0 aromatic heterocycles. The normalized spacial score (nSPS) is 14.5. The summed E-state index contributed by atoms with van der Waals surface area (Å²) in [5.41, 5.74) is 9.84. The average Bonchev–Trinajstić information content (AvgIpc) is 2.39. The highest BCUT2D eigenvalue weighted by Crippen LogP contribution is 2.21. The van der Waals surface area contributed by atoms with Crippen LogP contribution in [0.1, 0.15) is 11.6 Å². The van der Waals surface area contributed by atoms with E-state index in [0.717, 1.165) is 5.56 Å². The minimum Gasteiger partial charge on any atom is -0.322 e. The Balaban J connectivity index is 2.38. The van der Waals surface area contributed by atoms with Gasteiger partial charge in [-0.15, -0.1) is 6.58 Å². The second-order valence-corrected chi connectivity index (χ2v) is 4.06. The molecule has 0 aliphatic rings. The van der Waals surface area contributed by atoms with Crippen molar-refractivity contribution in [3.05, 3.63) is 60.7 Å². The molecule has 5 N–H and O–H groups in total. The summed E-state index contributed by atoms with van der Waals surface area (Å²) in [7, 11) is 0. The van der Waals surface area contributed by atoms with Gasteiger partial charge in [-0.3, -0.25) is 11.3 Å². The Bertz CT molecular complexity index is 522. The predicted molar refractivity (Wildman–Crippen MR) is 72.2 cm³/mol. The number of hydrogen-bond donors (Lipinski definition) is 3. The highest BCUT2D eigenvalue weighted by molar-refractivity contribution is 5.83. The van der Waals surface area contributed by atoms with Crippen molar-refractivity contribution in [1.29, 1.82) is 0 Å². The molecule has 2 rings (SSSR count). The van der Waals surface area contributed by atoms with Gasteiger partial charge in [-0.2, -0.15) is 0 Å². The Morgan fingerprint density at radius 2 is 1.82 bits per heavy atom. The smallest absolute Gasteiger partial charge is 0.0581 e. The number of rotatable bonds is 4. The van der Waals surface area contributed by atoms with Gasteiger partial charge in [0.1, 0.15) is 0 Å². The quantitative estimate of drug-likeness (QED) is 0.424. The van der Waals surface area contributed by atoms with Crippen LogP contribution in [0.25, 0.3) is 10.8 Å². The number of benzene rings is 2. The molecule has 0 saturated carbocycles. The zero-order chi connectivity index (χ0) is 12.3. The monoisotopic (exact) mass is 227 g/mol. The highest BCUT2D eigenvalue weighted by Gasteiger charge is 2.14. The van der Waals surface area contributed by atoms with Crippen LogP contribution in [0.4, 0.5) is 0 Å². The Hall–Kier alpha value is -1.68. The summed E-state index contributed by atoms with van der Waals surface area (Å²) in [4.78, 5) is 0. The van der Waals surface area contributed by atoms with Crippen LogP contribution in [0.2, 0.25) is 0 Å². The van der Waals surface area contributed by atoms with Gasteiger partial charge in [-0.25, -0.2) is 0 Å². The zero-order valence-corrected chi connectivity index (χ0v) is 9.64. The molecule has 2 aromatic carbocycles. The highest BCUT2D eigenvalue weighted by atomic mass is 15.2. The molecule has 0 heterocycles. The lowest BCUT2D eigenvalue weighted by Gasteiger charge is -2.20. The fourth-order valence-corrected chi connectivity index (χ4v) is 1.94. The Labute approximate surface area is 101 Å². The predicted octanol–water partition coefficient (Wildman–Crippen LogP) is 1.86. The summed E-state index contributed by atoms with van der Waals surface area (Å²) in [5, 5.41) is 2.39. The first kappa shape index (κ1) is 11.8. The molecule has 0 aliphatic carbocycles. The average molecular weight is 227 g/mol. The standard InChI is InChI=1S/C14H17N3/c1-2-13(17-16)14(15)12-8-7-10-5-3-4-6-11(10)9-12/h2-9,13-14,17H,1,15-16H2. The summed E-state index contributed by atoms with van der Waals surface area (Å²) in [6, 6.07) is 14.1. The Morgan fingerprint density at radius 1 is 1.12 bits per heavy atom. The van der Waals surface area contributed by atoms with Crippen LogP contribution in [-0.4, -0.2) is 6.04 Å². The second kappa shape index (κ2) is 5.10. The summed E-state index contributed by atoms with van der Waals surface area (Å²) in [6.07, 6.45) is 1.72. The van der Waals surface area contributed by atoms with Crippen LogP contribution in [0.5, 0.6) is 0 Å². The van der Waals surface area contributed by atoms with E-state index in [9.17, 15) is 0 Å². The molecule has 0 aliphatic heterocycles. The largest absolute Gasteiger partial charge is 0.322 e. The number of hydrogen-bond acceptors (Lipinski definition) is 3. The molecule has 3 heteroatoms. The summed E-state index contributed by atoms with van der Waals surface area (Å²) in [5.74, 6) is 5.43. The van der Waals surface area contributed by atoms with Crippen molar-refractivity contribution in [2.24, 2.45) is 11.6 Å². The van der Waals surface area contributed by atoms with Gasteiger partial charge in [0.05, 0.1) is 12.1 Å². The zero-order valence-electron chi connectivity index (χ0n) is 9.64. The minimum atomic E-state index is -0.192. The molecular weight excluding hydrogens is 210 g/mol. The van der Waals surface area contributed by atoms with Gasteiger partial charge in [-0.05, 0) is 22.4 Å². The fourth-order valence-electron chi connectivity index (χ4n) is 1.94. The van der Waals surface area contributed by atoms with Crippen molar-refractivity contribution in [3.63, 3.8) is 0 Å². The minimum absolute atomic E-state index is 0.129. The fraction of sp³-hybridized carbons (Fsp3) is 0.143. The van der Waals surface area contributed by atoms with E-state index in [1.807, 2.05) is 18.2 Å². The van der Waals surface area contributed by atoms with Gasteiger partial charge in [0, 0.05) is 0 Å². The number of nitrogens with two attached hydrogens (primary N) is 2. The van der Waals surface area contributed by atoms with Crippen molar-refractivity contribution < 1.29 is 0 Å². The maximum absolute atomic E-state index is 6.14. The van der Waals surface area contributed by atoms with Crippen LogP contribution >= 0.6 is 0 Å². The lowest BCUT2D eigenvalue weighted by atomic mass is 9.97. The molecule has 2 unspecified atom stereocenters. The van der Waals surface area contributed by atoms with E-state index in [2.05, 4.69) is 36.3 Å². The summed E-state index contributed by atoms with van der Waals surface area (Å²) < 4.78 is 0. The second-order valence-electron chi connectivity index (χ2n) is 4.06. The molecule has 17 heavy (non-hydrogen) atoms. The third-order valence-electron chi connectivity index (χ3n) is 2.99. The van der Waals surface area contributed by atoms with Gasteiger partial charge in [0.2, 0.25) is 0 Å². The van der Waals surface area contributed by atoms with Gasteiger partial charge < -0.3 is 5.73 Å². The molecule has 0 fully saturated rings. The van der Waals surface area contributed by atoms with Crippen LogP contribution in [0, 0.1) is 0 Å². The van der Waals surface area contributed by atoms with E-state index in [4.69, 9.17) is 11.6 Å². The third-order valence-corrected chi connectivity index (χ3v) is 2.99. The first-order valence-corrected chi connectivity index (χ1v) is 5.59. The maximum Gasteiger partial charge on any atom is 0.0581 e. The van der Waals surface area contributed by atoms with E-state index in [0.29, 0.717) is 0 Å². The van der Waals surface area contributed by atoms with E-state index in [1.165, 1.54) is 10.8 Å². The first-order chi connectivity index (χ1) is 8.26. The lowest BCUT2D eigenvalue weighted by Crippen LogP contribution is -2.41. The topological polar surface area (TPSA) is 64.1 Å². The number of nitrogens with one attached hydrogen (secondary N) is 1. The van der Waals surface area contributed by atoms with Crippen molar-refractivity contribution in [3.8, 4) is 0 Å². The lowest BCUT2D eigenvalue weighted by molar-refractivity contribution is 0.523. The molecule has 0 radical (unpaired) electrons. The van der Waals surface area contributed by atoms with Gasteiger partial charge in [-0.1, -0.05) is 42.5 Å². The Morgan fingerprint density at radius 3 is 2.47 bits per heavy atom.